The van der Waals surface area contributed by atoms with Crippen LogP contribution in [-0.4, -0.2) is 25.3 Å². The molecule has 0 aliphatic carbocycles. The Bertz CT molecular complexity index is 588. The van der Waals surface area contributed by atoms with E-state index in [4.69, 9.17) is 5.26 Å². The third-order valence-corrected chi connectivity index (χ3v) is 4.67. The van der Waals surface area contributed by atoms with E-state index >= 15 is 0 Å². The van der Waals surface area contributed by atoms with Gasteiger partial charge in [-0.1, -0.05) is 13.0 Å². The van der Waals surface area contributed by atoms with Crippen molar-refractivity contribution in [2.75, 3.05) is 11.1 Å². The Balaban J connectivity index is 2.86. The highest BCUT2D eigenvalue weighted by Gasteiger charge is 2.26. The van der Waals surface area contributed by atoms with Crippen molar-refractivity contribution in [3.63, 3.8) is 0 Å². The van der Waals surface area contributed by atoms with Gasteiger partial charge < -0.3 is 5.32 Å². The van der Waals surface area contributed by atoms with Crippen LogP contribution in [0.15, 0.2) is 24.3 Å². The number of carbonyl (C=O) groups excluding carboxylic acids is 1. The van der Waals surface area contributed by atoms with Crippen molar-refractivity contribution < 1.29 is 13.2 Å². The molecule has 1 N–H and O–H groups in total. The number of sulfone groups is 1. The van der Waals surface area contributed by atoms with E-state index in [0.29, 0.717) is 11.3 Å². The summed E-state index contributed by atoms with van der Waals surface area (Å²) in [5.74, 6) is -0.674. The number of hydrogen-bond donors (Lipinski definition) is 1. The van der Waals surface area contributed by atoms with E-state index in [2.05, 4.69) is 5.32 Å². The Hall–Kier alpha value is -1.87. The molecule has 1 atom stereocenters. The molecule has 0 saturated carbocycles. The maximum absolute atomic E-state index is 11.7. The van der Waals surface area contributed by atoms with Crippen molar-refractivity contribution >= 4 is 21.4 Å². The van der Waals surface area contributed by atoms with E-state index in [1.54, 1.807) is 18.2 Å². The molecule has 0 heterocycles. The Morgan fingerprint density at radius 3 is 2.72 bits per heavy atom. The Labute approximate surface area is 106 Å². The second-order valence-corrected chi connectivity index (χ2v) is 6.39. The van der Waals surface area contributed by atoms with Crippen LogP contribution in [0.5, 0.6) is 0 Å². The van der Waals surface area contributed by atoms with E-state index in [1.807, 2.05) is 6.07 Å². The predicted molar refractivity (Wildman–Crippen MR) is 68.7 cm³/mol. The molecular formula is C12H14N2O3S. The molecular weight excluding hydrogens is 252 g/mol. The van der Waals surface area contributed by atoms with Crippen molar-refractivity contribution in [1.82, 2.24) is 0 Å². The van der Waals surface area contributed by atoms with Crippen molar-refractivity contribution in [3.05, 3.63) is 29.8 Å². The zero-order chi connectivity index (χ0) is 13.8. The molecule has 1 amide bonds. The van der Waals surface area contributed by atoms with Crippen LogP contribution in [-0.2, 0) is 14.6 Å². The molecule has 0 bridgehead atoms. The molecule has 0 radical (unpaired) electrons. The summed E-state index contributed by atoms with van der Waals surface area (Å²) in [7, 11) is -3.41. The normalized spacial score (nSPS) is 12.5. The molecule has 5 nitrogen and oxygen atoms in total. The SMILES string of the molecule is CCS(=O)(=O)C(C)C(=O)Nc1cccc(C#N)c1. The van der Waals surface area contributed by atoms with Gasteiger partial charge in [-0.2, -0.15) is 5.26 Å². The molecule has 18 heavy (non-hydrogen) atoms. The molecule has 96 valence electrons. The fourth-order valence-corrected chi connectivity index (χ4v) is 2.21. The van der Waals surface area contributed by atoms with Gasteiger partial charge in [-0.25, -0.2) is 8.42 Å². The minimum absolute atomic E-state index is 0.0835. The van der Waals surface area contributed by atoms with Crippen molar-refractivity contribution in [2.24, 2.45) is 0 Å². The molecule has 0 saturated heterocycles. The first-order chi connectivity index (χ1) is 8.40. The van der Waals surface area contributed by atoms with Gasteiger partial charge in [0, 0.05) is 11.4 Å². The second kappa shape index (κ2) is 5.65. The van der Waals surface area contributed by atoms with Gasteiger partial charge in [0.2, 0.25) is 5.91 Å². The molecule has 1 aromatic rings. The highest BCUT2D eigenvalue weighted by atomic mass is 32.2. The maximum atomic E-state index is 11.7. The third-order valence-electron chi connectivity index (χ3n) is 2.57. The molecule has 0 aromatic heterocycles. The van der Waals surface area contributed by atoms with Crippen LogP contribution in [0, 0.1) is 11.3 Å². The predicted octanol–water partition coefficient (Wildman–Crippen LogP) is 1.32. The first-order valence-corrected chi connectivity index (χ1v) is 7.15. The number of amides is 1. The molecule has 1 rings (SSSR count). The fourth-order valence-electron chi connectivity index (χ4n) is 1.32. The van der Waals surface area contributed by atoms with Gasteiger partial charge in [-0.3, -0.25) is 4.79 Å². The number of nitrogens with one attached hydrogen (secondary N) is 1. The Morgan fingerprint density at radius 2 is 2.17 bits per heavy atom. The standard InChI is InChI=1S/C12H14N2O3S/c1-3-18(16,17)9(2)12(15)14-11-6-4-5-10(7-11)8-13/h4-7,9H,3H2,1-2H3,(H,14,15). The lowest BCUT2D eigenvalue weighted by Crippen LogP contribution is -2.33. The number of nitrogens with zero attached hydrogens (tertiary/aromatic N) is 1. The second-order valence-electron chi connectivity index (χ2n) is 3.78. The number of hydrogen-bond acceptors (Lipinski definition) is 4. The lowest BCUT2D eigenvalue weighted by Gasteiger charge is -2.12. The molecule has 6 heteroatoms. The zero-order valence-corrected chi connectivity index (χ0v) is 11.0. The summed E-state index contributed by atoms with van der Waals surface area (Å²) in [4.78, 5) is 11.7. The number of carbonyl (C=O) groups is 1. The summed E-state index contributed by atoms with van der Waals surface area (Å²) in [6, 6.07) is 8.25. The highest BCUT2D eigenvalue weighted by molar-refractivity contribution is 7.92. The largest absolute Gasteiger partial charge is 0.325 e. The summed E-state index contributed by atoms with van der Waals surface area (Å²) < 4.78 is 23.1. The van der Waals surface area contributed by atoms with E-state index < -0.39 is 21.0 Å². The van der Waals surface area contributed by atoms with Crippen LogP contribution in [0.1, 0.15) is 19.4 Å². The number of anilines is 1. The highest BCUT2D eigenvalue weighted by Crippen LogP contribution is 2.12. The first kappa shape index (κ1) is 14.2. The van der Waals surface area contributed by atoms with E-state index in [1.165, 1.54) is 19.9 Å². The minimum Gasteiger partial charge on any atom is -0.325 e. The quantitative estimate of drug-likeness (QED) is 0.890. The van der Waals surface area contributed by atoms with Crippen molar-refractivity contribution in [1.29, 1.82) is 5.26 Å². The van der Waals surface area contributed by atoms with Gasteiger partial charge in [0.25, 0.3) is 0 Å². The monoisotopic (exact) mass is 266 g/mol. The number of nitriles is 1. The van der Waals surface area contributed by atoms with Gasteiger partial charge >= 0.3 is 0 Å². The maximum Gasteiger partial charge on any atom is 0.242 e. The summed E-state index contributed by atoms with van der Waals surface area (Å²) >= 11 is 0. The van der Waals surface area contributed by atoms with Crippen LogP contribution in [0.3, 0.4) is 0 Å². The third kappa shape index (κ3) is 3.31. The summed E-state index contributed by atoms with van der Waals surface area (Å²) in [6.07, 6.45) is 0. The van der Waals surface area contributed by atoms with Gasteiger partial charge in [-0.15, -0.1) is 0 Å². The Kier molecular flexibility index (Phi) is 4.45. The first-order valence-electron chi connectivity index (χ1n) is 5.43. The topological polar surface area (TPSA) is 87.0 Å². The molecule has 1 unspecified atom stereocenters. The molecule has 0 aliphatic rings. The fraction of sp³-hybridized carbons (Fsp3) is 0.333. The van der Waals surface area contributed by atoms with Crippen molar-refractivity contribution in [2.45, 2.75) is 19.1 Å². The summed E-state index contributed by atoms with van der Waals surface area (Å²) in [5, 5.41) is 10.1. The van der Waals surface area contributed by atoms with E-state index in [0.717, 1.165) is 0 Å². The lowest BCUT2D eigenvalue weighted by molar-refractivity contribution is -0.115. The van der Waals surface area contributed by atoms with E-state index in [9.17, 15) is 13.2 Å². The van der Waals surface area contributed by atoms with Crippen LogP contribution < -0.4 is 5.32 Å². The molecule has 0 aliphatic heterocycles. The van der Waals surface area contributed by atoms with Crippen molar-refractivity contribution in [3.8, 4) is 6.07 Å². The number of benzene rings is 1. The van der Waals surface area contributed by atoms with Crippen LogP contribution >= 0.6 is 0 Å². The summed E-state index contributed by atoms with van der Waals surface area (Å²) in [6.45, 7) is 2.84. The molecule has 0 spiro atoms. The van der Waals surface area contributed by atoms with Gasteiger partial charge in [0.05, 0.1) is 11.6 Å². The smallest absolute Gasteiger partial charge is 0.242 e. The van der Waals surface area contributed by atoms with E-state index in [-0.39, 0.29) is 5.75 Å². The van der Waals surface area contributed by atoms with Gasteiger partial charge in [0.1, 0.15) is 5.25 Å². The molecule has 0 fully saturated rings. The average molecular weight is 266 g/mol. The number of rotatable bonds is 4. The Morgan fingerprint density at radius 1 is 1.50 bits per heavy atom. The average Bonchev–Trinajstić information content (AvgIpc) is 2.37. The lowest BCUT2D eigenvalue weighted by atomic mass is 10.2. The summed E-state index contributed by atoms with van der Waals surface area (Å²) in [5.41, 5.74) is 0.816. The van der Waals surface area contributed by atoms with Crippen LogP contribution in [0.4, 0.5) is 5.69 Å². The minimum atomic E-state index is -3.41. The van der Waals surface area contributed by atoms with Crippen LogP contribution in [0.25, 0.3) is 0 Å². The van der Waals surface area contributed by atoms with Gasteiger partial charge in [0.15, 0.2) is 9.84 Å². The van der Waals surface area contributed by atoms with Gasteiger partial charge in [-0.05, 0) is 25.1 Å². The van der Waals surface area contributed by atoms with Crippen LogP contribution in [0.2, 0.25) is 0 Å². The molecule has 1 aromatic carbocycles. The zero-order valence-electron chi connectivity index (χ0n) is 10.2.